The molecular formula is C20H23N3O2S. The molecular weight excluding hydrogens is 346 g/mol. The van der Waals surface area contributed by atoms with Crippen LogP contribution in [0.15, 0.2) is 35.7 Å². The van der Waals surface area contributed by atoms with Crippen LogP contribution in [0, 0.1) is 5.92 Å². The highest BCUT2D eigenvalue weighted by Crippen LogP contribution is 2.37. The van der Waals surface area contributed by atoms with Crippen LogP contribution in [0.4, 0.5) is 5.82 Å². The van der Waals surface area contributed by atoms with Crippen LogP contribution in [-0.2, 0) is 16.1 Å². The van der Waals surface area contributed by atoms with E-state index in [-0.39, 0.29) is 0 Å². The van der Waals surface area contributed by atoms with E-state index in [4.69, 9.17) is 14.5 Å². The van der Waals surface area contributed by atoms with E-state index >= 15 is 0 Å². The lowest BCUT2D eigenvalue weighted by molar-refractivity contribution is 0.0595. The molecule has 1 aliphatic heterocycles. The number of benzene rings is 1. The van der Waals surface area contributed by atoms with Crippen molar-refractivity contribution in [2.24, 2.45) is 5.92 Å². The molecule has 4 rings (SSSR count). The molecule has 0 bridgehead atoms. The van der Waals surface area contributed by atoms with Gasteiger partial charge in [-0.3, -0.25) is 0 Å². The molecule has 1 unspecified atom stereocenters. The van der Waals surface area contributed by atoms with Crippen molar-refractivity contribution in [2.45, 2.75) is 19.4 Å². The first-order valence-corrected chi connectivity index (χ1v) is 9.87. The highest BCUT2D eigenvalue weighted by molar-refractivity contribution is 7.17. The molecule has 1 aliphatic rings. The molecule has 1 fully saturated rings. The molecule has 0 spiro atoms. The highest BCUT2D eigenvalue weighted by atomic mass is 32.1. The molecule has 1 saturated heterocycles. The van der Waals surface area contributed by atoms with Gasteiger partial charge in [0.2, 0.25) is 0 Å². The summed E-state index contributed by atoms with van der Waals surface area (Å²) in [5.41, 5.74) is 2.36. The van der Waals surface area contributed by atoms with Crippen LogP contribution in [0.25, 0.3) is 21.3 Å². The second-order valence-corrected chi connectivity index (χ2v) is 7.44. The van der Waals surface area contributed by atoms with E-state index in [0.29, 0.717) is 18.3 Å². The maximum Gasteiger partial charge on any atom is 0.158 e. The number of rotatable bonds is 6. The number of fused-ring (bicyclic) bond motifs is 1. The molecule has 3 aromatic rings. The number of nitrogens with one attached hydrogen (secondary N) is 1. The van der Waals surface area contributed by atoms with Gasteiger partial charge in [-0.05, 0) is 24.3 Å². The van der Waals surface area contributed by atoms with E-state index in [1.54, 1.807) is 18.4 Å². The minimum Gasteiger partial charge on any atom is -0.381 e. The largest absolute Gasteiger partial charge is 0.381 e. The van der Waals surface area contributed by atoms with Crippen LogP contribution in [0.3, 0.4) is 0 Å². The molecule has 0 aliphatic carbocycles. The lowest BCUT2D eigenvalue weighted by atomic mass is 10.0. The zero-order chi connectivity index (χ0) is 17.8. The van der Waals surface area contributed by atoms with Gasteiger partial charge in [0.1, 0.15) is 17.3 Å². The summed E-state index contributed by atoms with van der Waals surface area (Å²) in [5, 5.41) is 6.83. The Bertz CT molecular complexity index is 860. The van der Waals surface area contributed by atoms with Crippen LogP contribution in [-0.4, -0.2) is 36.8 Å². The van der Waals surface area contributed by atoms with Crippen molar-refractivity contribution in [3.05, 3.63) is 41.5 Å². The lowest BCUT2D eigenvalue weighted by Crippen LogP contribution is -2.24. The third-order valence-electron chi connectivity index (χ3n) is 4.65. The van der Waals surface area contributed by atoms with Crippen molar-refractivity contribution < 1.29 is 9.47 Å². The number of thiophene rings is 1. The van der Waals surface area contributed by atoms with Gasteiger partial charge in [-0.15, -0.1) is 11.3 Å². The second kappa shape index (κ2) is 8.12. The average molecular weight is 369 g/mol. The molecule has 1 atom stereocenters. The van der Waals surface area contributed by atoms with E-state index < -0.39 is 0 Å². The quantitative estimate of drug-likeness (QED) is 0.700. The Morgan fingerprint density at radius 3 is 2.92 bits per heavy atom. The summed E-state index contributed by atoms with van der Waals surface area (Å²) in [5.74, 6) is 2.13. The predicted octanol–water partition coefficient (Wildman–Crippen LogP) is 4.34. The topological polar surface area (TPSA) is 56.3 Å². The van der Waals surface area contributed by atoms with Gasteiger partial charge in [0.15, 0.2) is 5.82 Å². The maximum atomic E-state index is 5.61. The Morgan fingerprint density at radius 1 is 1.27 bits per heavy atom. The minimum absolute atomic E-state index is 0.412. The monoisotopic (exact) mass is 369 g/mol. The first kappa shape index (κ1) is 17.4. The third-order valence-corrected chi connectivity index (χ3v) is 5.52. The normalized spacial score (nSPS) is 17.5. The van der Waals surface area contributed by atoms with Crippen molar-refractivity contribution in [1.29, 1.82) is 0 Å². The number of anilines is 1. The summed E-state index contributed by atoms with van der Waals surface area (Å²) < 4.78 is 10.9. The summed E-state index contributed by atoms with van der Waals surface area (Å²) in [6.07, 6.45) is 2.33. The maximum absolute atomic E-state index is 5.61. The predicted molar refractivity (Wildman–Crippen MR) is 106 cm³/mol. The molecule has 6 heteroatoms. The van der Waals surface area contributed by atoms with Gasteiger partial charge in [-0.1, -0.05) is 30.3 Å². The Hall–Kier alpha value is -2.02. The average Bonchev–Trinajstić information content (AvgIpc) is 3.12. The van der Waals surface area contributed by atoms with Crippen LogP contribution in [0.5, 0.6) is 0 Å². The first-order chi connectivity index (χ1) is 12.8. The summed E-state index contributed by atoms with van der Waals surface area (Å²) in [6, 6.07) is 10.4. The van der Waals surface area contributed by atoms with E-state index in [1.165, 1.54) is 17.5 Å². The van der Waals surface area contributed by atoms with Gasteiger partial charge >= 0.3 is 0 Å². The second-order valence-electron chi connectivity index (χ2n) is 6.58. The number of methoxy groups -OCH3 is 1. The zero-order valence-electron chi connectivity index (χ0n) is 14.9. The molecule has 1 N–H and O–H groups in total. The lowest BCUT2D eigenvalue weighted by Gasteiger charge is -2.22. The fourth-order valence-corrected chi connectivity index (χ4v) is 4.31. The van der Waals surface area contributed by atoms with E-state index in [0.717, 1.165) is 42.2 Å². The third kappa shape index (κ3) is 3.72. The van der Waals surface area contributed by atoms with Gasteiger partial charge < -0.3 is 14.8 Å². The zero-order valence-corrected chi connectivity index (χ0v) is 15.7. The minimum atomic E-state index is 0.412. The molecule has 136 valence electrons. The molecule has 0 amide bonds. The molecule has 26 heavy (non-hydrogen) atoms. The number of nitrogens with zero attached hydrogens (tertiary/aromatic N) is 2. The molecule has 5 nitrogen and oxygen atoms in total. The van der Waals surface area contributed by atoms with Crippen LogP contribution in [0.1, 0.15) is 18.7 Å². The number of aromatic nitrogens is 2. The highest BCUT2D eigenvalue weighted by Gasteiger charge is 2.18. The Kier molecular flexibility index (Phi) is 5.43. The van der Waals surface area contributed by atoms with Crippen molar-refractivity contribution in [2.75, 3.05) is 32.2 Å². The molecule has 0 radical (unpaired) electrons. The number of hydrogen-bond donors (Lipinski definition) is 1. The standard InChI is InChI=1S/C20H23N3O2S/c1-24-12-17-22-19(21-10-14-6-5-9-25-11-14)18-16(13-26-20(18)23-17)15-7-3-2-4-8-15/h2-4,7-8,13-14H,5-6,9-12H2,1H3,(H,21,22,23). The van der Waals surface area contributed by atoms with Gasteiger partial charge in [0.25, 0.3) is 0 Å². The number of hydrogen-bond acceptors (Lipinski definition) is 6. The summed E-state index contributed by atoms with van der Waals surface area (Å²) in [7, 11) is 1.67. The number of ether oxygens (including phenoxy) is 2. The summed E-state index contributed by atoms with van der Waals surface area (Å²) in [6.45, 7) is 2.98. The molecule has 2 aromatic heterocycles. The summed E-state index contributed by atoms with van der Waals surface area (Å²) in [4.78, 5) is 10.4. The smallest absolute Gasteiger partial charge is 0.158 e. The first-order valence-electron chi connectivity index (χ1n) is 8.99. The van der Waals surface area contributed by atoms with E-state index in [2.05, 4.69) is 39.9 Å². The van der Waals surface area contributed by atoms with Crippen molar-refractivity contribution in [3.8, 4) is 11.1 Å². The van der Waals surface area contributed by atoms with Crippen molar-refractivity contribution >= 4 is 27.4 Å². The van der Waals surface area contributed by atoms with Gasteiger partial charge in [-0.25, -0.2) is 9.97 Å². The van der Waals surface area contributed by atoms with Crippen molar-refractivity contribution in [1.82, 2.24) is 9.97 Å². The fraction of sp³-hybridized carbons (Fsp3) is 0.400. The Morgan fingerprint density at radius 2 is 2.15 bits per heavy atom. The Labute approximate surface area is 157 Å². The van der Waals surface area contributed by atoms with Gasteiger partial charge in [-0.2, -0.15) is 0 Å². The van der Waals surface area contributed by atoms with Crippen molar-refractivity contribution in [3.63, 3.8) is 0 Å². The van der Waals surface area contributed by atoms with Crippen LogP contribution < -0.4 is 5.32 Å². The van der Waals surface area contributed by atoms with E-state index in [1.807, 2.05) is 6.07 Å². The van der Waals surface area contributed by atoms with Crippen LogP contribution in [0.2, 0.25) is 0 Å². The Balaban J connectivity index is 1.70. The van der Waals surface area contributed by atoms with Crippen LogP contribution >= 0.6 is 11.3 Å². The van der Waals surface area contributed by atoms with E-state index in [9.17, 15) is 0 Å². The van der Waals surface area contributed by atoms with Gasteiger partial charge in [0.05, 0.1) is 12.0 Å². The molecule has 1 aromatic carbocycles. The molecule has 3 heterocycles. The fourth-order valence-electron chi connectivity index (χ4n) is 3.35. The molecule has 0 saturated carbocycles. The summed E-state index contributed by atoms with van der Waals surface area (Å²) >= 11 is 1.65. The van der Waals surface area contributed by atoms with Gasteiger partial charge in [0, 0.05) is 31.2 Å². The SMILES string of the molecule is COCc1nc(NCC2CCCOC2)c2c(-c3ccccc3)csc2n1.